The van der Waals surface area contributed by atoms with Crippen LogP contribution < -0.4 is 10.2 Å². The minimum atomic E-state index is 0. The maximum absolute atomic E-state index is 4.34. The van der Waals surface area contributed by atoms with Crippen molar-refractivity contribution in [2.75, 3.05) is 31.1 Å². The van der Waals surface area contributed by atoms with Crippen molar-refractivity contribution >= 4 is 18.2 Å². The molecule has 3 nitrogen and oxygen atoms in total. The zero-order valence-corrected chi connectivity index (χ0v) is 8.96. The van der Waals surface area contributed by atoms with Crippen LogP contribution in [0.1, 0.15) is 6.42 Å². The van der Waals surface area contributed by atoms with E-state index in [9.17, 15) is 0 Å². The lowest BCUT2D eigenvalue weighted by Gasteiger charge is -2.20. The second kappa shape index (κ2) is 5.83. The normalized spacial score (nSPS) is 17.0. The third kappa shape index (κ3) is 2.86. The van der Waals surface area contributed by atoms with Gasteiger partial charge >= 0.3 is 0 Å². The number of aromatic nitrogens is 1. The summed E-state index contributed by atoms with van der Waals surface area (Å²) in [6, 6.07) is 6.07. The summed E-state index contributed by atoms with van der Waals surface area (Å²) in [6.07, 6.45) is 3.06. The summed E-state index contributed by atoms with van der Waals surface area (Å²) in [5.74, 6) is 1.10. The summed E-state index contributed by atoms with van der Waals surface area (Å²) < 4.78 is 0. The molecule has 2 rings (SSSR count). The molecule has 1 aliphatic rings. The molecule has 1 aliphatic heterocycles. The average Bonchev–Trinajstić information content (AvgIpc) is 2.47. The summed E-state index contributed by atoms with van der Waals surface area (Å²) in [4.78, 5) is 6.68. The molecule has 0 bridgehead atoms. The van der Waals surface area contributed by atoms with Crippen LogP contribution in [-0.4, -0.2) is 31.2 Å². The maximum Gasteiger partial charge on any atom is 0.128 e. The van der Waals surface area contributed by atoms with E-state index in [2.05, 4.69) is 21.3 Å². The van der Waals surface area contributed by atoms with E-state index in [1.54, 1.807) is 0 Å². The van der Waals surface area contributed by atoms with Gasteiger partial charge in [0.1, 0.15) is 5.82 Å². The molecule has 4 heteroatoms. The van der Waals surface area contributed by atoms with E-state index in [-0.39, 0.29) is 12.4 Å². The molecule has 78 valence electrons. The lowest BCUT2D eigenvalue weighted by Crippen LogP contribution is -2.28. The van der Waals surface area contributed by atoms with Crippen molar-refractivity contribution in [3.8, 4) is 0 Å². The summed E-state index contributed by atoms with van der Waals surface area (Å²) in [7, 11) is 0. The number of rotatable bonds is 1. The van der Waals surface area contributed by atoms with Gasteiger partial charge in [-0.05, 0) is 25.1 Å². The van der Waals surface area contributed by atoms with Crippen LogP contribution in [0.3, 0.4) is 0 Å². The van der Waals surface area contributed by atoms with Crippen molar-refractivity contribution in [3.63, 3.8) is 0 Å². The van der Waals surface area contributed by atoms with Gasteiger partial charge < -0.3 is 10.2 Å². The summed E-state index contributed by atoms with van der Waals surface area (Å²) >= 11 is 0. The molecule has 2 heterocycles. The molecule has 1 fully saturated rings. The molecule has 0 aliphatic carbocycles. The quantitative estimate of drug-likeness (QED) is 0.763. The van der Waals surface area contributed by atoms with E-state index in [1.165, 1.54) is 6.42 Å². The first-order chi connectivity index (χ1) is 6.47. The van der Waals surface area contributed by atoms with Gasteiger partial charge in [-0.2, -0.15) is 0 Å². The van der Waals surface area contributed by atoms with Crippen molar-refractivity contribution in [1.82, 2.24) is 10.3 Å². The second-order valence-corrected chi connectivity index (χ2v) is 3.28. The van der Waals surface area contributed by atoms with Gasteiger partial charge in [0.05, 0.1) is 0 Å². The van der Waals surface area contributed by atoms with Crippen molar-refractivity contribution < 1.29 is 0 Å². The van der Waals surface area contributed by atoms with Crippen LogP contribution in [0.2, 0.25) is 0 Å². The molecular formula is C10H16ClN3. The predicted molar refractivity (Wildman–Crippen MR) is 61.2 cm³/mol. The van der Waals surface area contributed by atoms with E-state index in [0.29, 0.717) is 0 Å². The number of pyridine rings is 1. The number of nitrogens with one attached hydrogen (secondary N) is 1. The fraction of sp³-hybridized carbons (Fsp3) is 0.500. The van der Waals surface area contributed by atoms with Crippen molar-refractivity contribution in [3.05, 3.63) is 24.4 Å². The number of nitrogens with zero attached hydrogens (tertiary/aromatic N) is 2. The number of halogens is 1. The van der Waals surface area contributed by atoms with Gasteiger partial charge in [0.15, 0.2) is 0 Å². The molecule has 1 N–H and O–H groups in total. The fourth-order valence-corrected chi connectivity index (χ4v) is 1.62. The van der Waals surface area contributed by atoms with Crippen LogP contribution in [0.5, 0.6) is 0 Å². The Balaban J connectivity index is 0.000000980. The lowest BCUT2D eigenvalue weighted by molar-refractivity contribution is 0.724. The first-order valence-corrected chi connectivity index (χ1v) is 4.83. The third-order valence-corrected chi connectivity index (χ3v) is 2.31. The highest BCUT2D eigenvalue weighted by Gasteiger charge is 2.08. The van der Waals surface area contributed by atoms with Gasteiger partial charge in [0.25, 0.3) is 0 Å². The molecular weight excluding hydrogens is 198 g/mol. The van der Waals surface area contributed by atoms with Gasteiger partial charge in [-0.3, -0.25) is 0 Å². The topological polar surface area (TPSA) is 28.2 Å². The van der Waals surface area contributed by atoms with Gasteiger partial charge in [-0.25, -0.2) is 4.98 Å². The first-order valence-electron chi connectivity index (χ1n) is 4.83. The van der Waals surface area contributed by atoms with Gasteiger partial charge in [-0.15, -0.1) is 12.4 Å². The predicted octanol–water partition coefficient (Wildman–Crippen LogP) is 1.30. The molecule has 14 heavy (non-hydrogen) atoms. The molecule has 0 atom stereocenters. The smallest absolute Gasteiger partial charge is 0.128 e. The summed E-state index contributed by atoms with van der Waals surface area (Å²) in [5, 5.41) is 3.38. The molecule has 0 saturated carbocycles. The molecule has 0 unspecified atom stereocenters. The Morgan fingerprint density at radius 3 is 2.93 bits per heavy atom. The Morgan fingerprint density at radius 1 is 1.21 bits per heavy atom. The van der Waals surface area contributed by atoms with Gasteiger partial charge in [0, 0.05) is 25.8 Å². The fourth-order valence-electron chi connectivity index (χ4n) is 1.62. The van der Waals surface area contributed by atoms with Crippen molar-refractivity contribution in [2.24, 2.45) is 0 Å². The molecule has 0 spiro atoms. The Bertz CT molecular complexity index is 245. The monoisotopic (exact) mass is 213 g/mol. The van der Waals surface area contributed by atoms with Crippen LogP contribution >= 0.6 is 12.4 Å². The molecule has 0 amide bonds. The molecule has 1 aromatic heterocycles. The lowest BCUT2D eigenvalue weighted by atomic mass is 10.3. The molecule has 1 saturated heterocycles. The van der Waals surface area contributed by atoms with E-state index >= 15 is 0 Å². The van der Waals surface area contributed by atoms with E-state index < -0.39 is 0 Å². The van der Waals surface area contributed by atoms with Gasteiger partial charge in [0.2, 0.25) is 0 Å². The number of hydrogen-bond acceptors (Lipinski definition) is 3. The molecule has 1 aromatic rings. The second-order valence-electron chi connectivity index (χ2n) is 3.28. The molecule has 0 radical (unpaired) electrons. The van der Waals surface area contributed by atoms with E-state index in [1.807, 2.05) is 18.3 Å². The van der Waals surface area contributed by atoms with Gasteiger partial charge in [-0.1, -0.05) is 6.07 Å². The van der Waals surface area contributed by atoms with Crippen LogP contribution in [-0.2, 0) is 0 Å². The average molecular weight is 214 g/mol. The summed E-state index contributed by atoms with van der Waals surface area (Å²) in [6.45, 7) is 4.38. The van der Waals surface area contributed by atoms with E-state index in [4.69, 9.17) is 0 Å². The van der Waals surface area contributed by atoms with Crippen molar-refractivity contribution in [2.45, 2.75) is 6.42 Å². The standard InChI is InChI=1S/C10H15N3.ClH/c1-2-6-12-10(4-1)13-8-3-5-11-7-9-13;/h1-2,4,6,11H,3,5,7-9H2;1H. The van der Waals surface area contributed by atoms with Crippen molar-refractivity contribution in [1.29, 1.82) is 0 Å². The highest BCUT2D eigenvalue weighted by Crippen LogP contribution is 2.09. The largest absolute Gasteiger partial charge is 0.355 e. The first kappa shape index (κ1) is 11.3. The van der Waals surface area contributed by atoms with Crippen LogP contribution in [0.15, 0.2) is 24.4 Å². The number of hydrogen-bond donors (Lipinski definition) is 1. The Hall–Kier alpha value is -0.800. The minimum absolute atomic E-state index is 0. The van der Waals surface area contributed by atoms with E-state index in [0.717, 1.165) is 32.0 Å². The number of anilines is 1. The molecule has 0 aromatic carbocycles. The highest BCUT2D eigenvalue weighted by molar-refractivity contribution is 5.85. The third-order valence-electron chi connectivity index (χ3n) is 2.31. The van der Waals surface area contributed by atoms with Crippen LogP contribution in [0.25, 0.3) is 0 Å². The Labute approximate surface area is 90.9 Å². The Kier molecular flexibility index (Phi) is 4.70. The highest BCUT2D eigenvalue weighted by atomic mass is 35.5. The zero-order valence-electron chi connectivity index (χ0n) is 8.15. The van der Waals surface area contributed by atoms with Crippen LogP contribution in [0, 0.1) is 0 Å². The minimum Gasteiger partial charge on any atom is -0.355 e. The SMILES string of the molecule is Cl.c1ccc(N2CCCNCC2)nc1. The van der Waals surface area contributed by atoms with Crippen LogP contribution in [0.4, 0.5) is 5.82 Å². The maximum atomic E-state index is 4.34. The Morgan fingerprint density at radius 2 is 2.14 bits per heavy atom. The zero-order chi connectivity index (χ0) is 8.93. The summed E-state index contributed by atoms with van der Waals surface area (Å²) in [5.41, 5.74) is 0.